The number of aromatic nitrogens is 4. The number of imidazole rings is 1. The topological polar surface area (TPSA) is 55.7 Å². The van der Waals surface area contributed by atoms with Gasteiger partial charge in [0.1, 0.15) is 11.4 Å². The first-order valence-corrected chi connectivity index (χ1v) is 9.41. The largest absolute Gasteiger partial charge is 0.573 e. The van der Waals surface area contributed by atoms with E-state index in [2.05, 4.69) is 40.6 Å². The van der Waals surface area contributed by atoms with Crippen molar-refractivity contribution in [1.82, 2.24) is 19.7 Å². The number of nitrogens with one attached hydrogen (secondary N) is 1. The molecule has 0 spiro atoms. The minimum absolute atomic E-state index is 0. The van der Waals surface area contributed by atoms with Crippen molar-refractivity contribution in [3.63, 3.8) is 0 Å². The Kier molecular flexibility index (Phi) is 6.28. The second-order valence-corrected chi connectivity index (χ2v) is 8.15. The number of fused-ring (bicyclic) bond motifs is 1. The Morgan fingerprint density at radius 1 is 1.00 bits per heavy atom. The molecule has 0 fully saturated rings. The summed E-state index contributed by atoms with van der Waals surface area (Å²) in [4.78, 5) is 7.89. The van der Waals surface area contributed by atoms with E-state index in [1.807, 2.05) is 13.1 Å². The van der Waals surface area contributed by atoms with Crippen LogP contribution in [-0.2, 0) is 12.5 Å². The molecule has 0 unspecified atom stereocenters. The van der Waals surface area contributed by atoms with E-state index >= 15 is 0 Å². The number of halogens is 3. The summed E-state index contributed by atoms with van der Waals surface area (Å²) in [7, 11) is 1.86. The van der Waals surface area contributed by atoms with Gasteiger partial charge in [-0.05, 0) is 29.8 Å². The fraction of sp³-hybridized carbons (Fsp3) is 0.273. The molecule has 4 aromatic rings. The van der Waals surface area contributed by atoms with E-state index in [1.54, 1.807) is 35.0 Å². The summed E-state index contributed by atoms with van der Waals surface area (Å²) in [5, 5.41) is 4.57. The minimum atomic E-state index is -4.76. The Balaban J connectivity index is 0.00000272. The zero-order chi connectivity index (χ0) is 21.7. The molecule has 157 valence electrons. The predicted molar refractivity (Wildman–Crippen MR) is 115 cm³/mol. The summed E-state index contributed by atoms with van der Waals surface area (Å²) >= 11 is 0. The van der Waals surface area contributed by atoms with Gasteiger partial charge in [0.05, 0.1) is 16.7 Å². The number of hydrogen-bond donors (Lipinski definition) is 1. The zero-order valence-corrected chi connectivity index (χ0v) is 20.0. The number of nitrogens with zero attached hydrogens (tertiary/aromatic N) is 3. The van der Waals surface area contributed by atoms with Crippen LogP contribution in [0.5, 0.6) is 5.75 Å². The Labute approximate surface area is 199 Å². The van der Waals surface area contributed by atoms with Gasteiger partial charge in [0.25, 0.3) is 0 Å². The number of H-pyrrole nitrogens is 1. The fourth-order valence-electron chi connectivity index (χ4n) is 3.27. The van der Waals surface area contributed by atoms with Gasteiger partial charge in [-0.3, -0.25) is 4.68 Å². The molecular formula is C22H21F3N4NaO. The Morgan fingerprint density at radius 3 is 2.35 bits per heavy atom. The van der Waals surface area contributed by atoms with E-state index in [-0.39, 0.29) is 40.7 Å². The maximum atomic E-state index is 12.8. The number of ether oxygens (including phenoxy) is 1. The smallest absolute Gasteiger partial charge is 0.405 e. The first-order chi connectivity index (χ1) is 14.0. The van der Waals surface area contributed by atoms with E-state index < -0.39 is 6.36 Å². The predicted octanol–water partition coefficient (Wildman–Crippen LogP) is 5.45. The molecule has 31 heavy (non-hydrogen) atoms. The number of para-hydroxylation sites is 1. The van der Waals surface area contributed by atoms with E-state index in [0.29, 0.717) is 28.0 Å². The van der Waals surface area contributed by atoms with Gasteiger partial charge in [-0.2, -0.15) is 5.10 Å². The van der Waals surface area contributed by atoms with Crippen molar-refractivity contribution in [3.8, 4) is 28.4 Å². The third-order valence-electron chi connectivity index (χ3n) is 4.80. The van der Waals surface area contributed by atoms with E-state index in [4.69, 9.17) is 0 Å². The van der Waals surface area contributed by atoms with E-state index in [9.17, 15) is 13.2 Å². The number of aryl methyl sites for hydroxylation is 1. The van der Waals surface area contributed by atoms with Crippen LogP contribution in [0.4, 0.5) is 13.2 Å². The van der Waals surface area contributed by atoms with Gasteiger partial charge in [0, 0.05) is 47.6 Å². The van der Waals surface area contributed by atoms with Crippen molar-refractivity contribution in [2.45, 2.75) is 32.5 Å². The molecule has 2 aromatic heterocycles. The third-order valence-corrected chi connectivity index (χ3v) is 4.80. The molecule has 0 amide bonds. The Hall–Kier alpha value is -2.29. The maximum Gasteiger partial charge on any atom is 0.573 e. The van der Waals surface area contributed by atoms with Crippen LogP contribution in [0, 0.1) is 0 Å². The summed E-state index contributed by atoms with van der Waals surface area (Å²) in [5.41, 5.74) is 4.04. The SMILES string of the molecule is Cn1nc(C(C)(C)C)cc1-c1nc2ccc(-c3ccccc3OC(F)(F)F)cc2[nH]1.[Na]. The van der Waals surface area contributed by atoms with Gasteiger partial charge in [-0.15, -0.1) is 13.2 Å². The fourth-order valence-corrected chi connectivity index (χ4v) is 3.27. The van der Waals surface area contributed by atoms with Gasteiger partial charge in [-0.1, -0.05) is 45.0 Å². The maximum absolute atomic E-state index is 12.8. The molecule has 9 heteroatoms. The van der Waals surface area contributed by atoms with Crippen LogP contribution in [0.1, 0.15) is 26.5 Å². The normalized spacial score (nSPS) is 12.1. The molecular weight excluding hydrogens is 416 g/mol. The van der Waals surface area contributed by atoms with Gasteiger partial charge in [-0.25, -0.2) is 4.98 Å². The average Bonchev–Trinajstić information content (AvgIpc) is 3.23. The molecule has 2 aromatic carbocycles. The quantitative estimate of drug-likeness (QED) is 0.434. The minimum Gasteiger partial charge on any atom is -0.405 e. The number of aromatic amines is 1. The molecule has 0 atom stereocenters. The van der Waals surface area contributed by atoms with Crippen molar-refractivity contribution < 1.29 is 17.9 Å². The van der Waals surface area contributed by atoms with Crippen LogP contribution in [0.15, 0.2) is 48.5 Å². The van der Waals surface area contributed by atoms with Crippen LogP contribution >= 0.6 is 0 Å². The summed E-state index contributed by atoms with van der Waals surface area (Å²) in [6, 6.07) is 13.3. The molecule has 1 N–H and O–H groups in total. The molecule has 0 aliphatic rings. The number of rotatable bonds is 3. The molecule has 0 saturated carbocycles. The average molecular weight is 437 g/mol. The summed E-state index contributed by atoms with van der Waals surface area (Å²) < 4.78 is 44.2. The van der Waals surface area contributed by atoms with E-state index in [1.165, 1.54) is 12.1 Å². The number of alkyl halides is 3. The molecule has 2 heterocycles. The number of hydrogen-bond acceptors (Lipinski definition) is 3. The van der Waals surface area contributed by atoms with E-state index in [0.717, 1.165) is 11.4 Å². The first-order valence-electron chi connectivity index (χ1n) is 9.41. The summed E-state index contributed by atoms with van der Waals surface area (Å²) in [6.07, 6.45) is -4.76. The van der Waals surface area contributed by atoms with Crippen molar-refractivity contribution in [1.29, 1.82) is 0 Å². The Morgan fingerprint density at radius 2 is 1.71 bits per heavy atom. The molecule has 0 aliphatic carbocycles. The second-order valence-electron chi connectivity index (χ2n) is 8.15. The molecule has 0 aliphatic heterocycles. The van der Waals surface area contributed by atoms with Crippen molar-refractivity contribution >= 4 is 40.6 Å². The molecule has 0 bridgehead atoms. The van der Waals surface area contributed by atoms with Crippen molar-refractivity contribution in [3.05, 3.63) is 54.2 Å². The van der Waals surface area contributed by atoms with Crippen LogP contribution < -0.4 is 4.74 Å². The van der Waals surface area contributed by atoms with Gasteiger partial charge < -0.3 is 9.72 Å². The first kappa shape index (κ1) is 23.4. The van der Waals surface area contributed by atoms with Gasteiger partial charge >= 0.3 is 6.36 Å². The molecule has 0 saturated heterocycles. The van der Waals surface area contributed by atoms with Crippen molar-refractivity contribution in [2.75, 3.05) is 0 Å². The monoisotopic (exact) mass is 437 g/mol. The summed E-state index contributed by atoms with van der Waals surface area (Å²) in [6.45, 7) is 6.26. The van der Waals surface area contributed by atoms with Crippen LogP contribution in [-0.4, -0.2) is 55.7 Å². The van der Waals surface area contributed by atoms with Gasteiger partial charge in [0.2, 0.25) is 0 Å². The van der Waals surface area contributed by atoms with Crippen LogP contribution in [0.2, 0.25) is 0 Å². The zero-order valence-electron chi connectivity index (χ0n) is 18.0. The summed E-state index contributed by atoms with van der Waals surface area (Å²) in [5.74, 6) is 0.401. The van der Waals surface area contributed by atoms with Crippen LogP contribution in [0.3, 0.4) is 0 Å². The van der Waals surface area contributed by atoms with Crippen molar-refractivity contribution in [2.24, 2.45) is 7.05 Å². The molecule has 1 radical (unpaired) electrons. The van der Waals surface area contributed by atoms with Crippen LogP contribution in [0.25, 0.3) is 33.7 Å². The second kappa shape index (κ2) is 8.33. The van der Waals surface area contributed by atoms with Gasteiger partial charge in [0.15, 0.2) is 5.82 Å². The molecule has 5 nitrogen and oxygen atoms in total. The standard InChI is InChI=1S/C22H21F3N4O.Na/c1-21(2,3)19-12-17(29(4)28-19)20-26-15-10-9-13(11-16(15)27-20)14-7-5-6-8-18(14)30-22(23,24)25;/h5-12H,1-4H3,(H,26,27);. The Bertz CT molecular complexity index is 1220. The third kappa shape index (κ3) is 4.97. The molecule has 4 rings (SSSR count). The number of benzene rings is 2.